The van der Waals surface area contributed by atoms with Gasteiger partial charge in [-0.15, -0.1) is 5.10 Å². The first-order valence-electron chi connectivity index (χ1n) is 8.54. The first-order valence-corrected chi connectivity index (χ1v) is 8.54. The van der Waals surface area contributed by atoms with E-state index >= 15 is 0 Å². The van der Waals surface area contributed by atoms with Crippen molar-refractivity contribution in [2.45, 2.75) is 38.3 Å². The Balaban J connectivity index is 1.39. The zero-order valence-corrected chi connectivity index (χ0v) is 14.0. The van der Waals surface area contributed by atoms with E-state index in [9.17, 15) is 9.59 Å². The van der Waals surface area contributed by atoms with Crippen molar-refractivity contribution in [3.8, 4) is 0 Å². The van der Waals surface area contributed by atoms with E-state index < -0.39 is 5.97 Å². The Morgan fingerprint density at radius 1 is 1.24 bits per heavy atom. The maximum absolute atomic E-state index is 12.8. The van der Waals surface area contributed by atoms with Crippen molar-refractivity contribution < 1.29 is 14.7 Å². The Hall–Kier alpha value is -2.70. The van der Waals surface area contributed by atoms with Crippen molar-refractivity contribution >= 4 is 11.9 Å². The highest BCUT2D eigenvalue weighted by molar-refractivity contribution is 5.84. The Morgan fingerprint density at radius 2 is 2.00 bits per heavy atom. The van der Waals surface area contributed by atoms with Gasteiger partial charge in [-0.25, -0.2) is 9.48 Å². The van der Waals surface area contributed by atoms with Crippen LogP contribution in [0, 0.1) is 5.92 Å². The van der Waals surface area contributed by atoms with Gasteiger partial charge in [0.1, 0.15) is 0 Å². The van der Waals surface area contributed by atoms with E-state index in [-0.39, 0.29) is 23.6 Å². The molecule has 2 aliphatic rings. The molecule has 0 spiro atoms. The number of fused-ring (bicyclic) bond motifs is 1. The number of hydrogen-bond donors (Lipinski definition) is 1. The molecule has 7 heteroatoms. The normalized spacial score (nSPS) is 25.2. The van der Waals surface area contributed by atoms with E-state index in [4.69, 9.17) is 5.11 Å². The van der Waals surface area contributed by atoms with E-state index in [2.05, 4.69) is 29.4 Å². The molecule has 1 amide bonds. The smallest absolute Gasteiger partial charge is 0.358 e. The van der Waals surface area contributed by atoms with Gasteiger partial charge in [0.25, 0.3) is 0 Å². The molecule has 4 rings (SSSR count). The number of rotatable bonds is 3. The second kappa shape index (κ2) is 5.98. The van der Waals surface area contributed by atoms with Crippen LogP contribution in [0.15, 0.2) is 30.5 Å². The van der Waals surface area contributed by atoms with Crippen LogP contribution in [0.3, 0.4) is 0 Å². The maximum atomic E-state index is 12.8. The Labute approximate surface area is 145 Å². The largest absolute Gasteiger partial charge is 0.476 e. The van der Waals surface area contributed by atoms with Gasteiger partial charge in [0.2, 0.25) is 5.91 Å². The highest BCUT2D eigenvalue weighted by Crippen LogP contribution is 2.40. The fourth-order valence-electron chi connectivity index (χ4n) is 3.84. The second-order valence-corrected chi connectivity index (χ2v) is 7.03. The molecule has 1 unspecified atom stereocenters. The molecule has 2 aromatic rings. The Kier molecular flexibility index (Phi) is 3.78. The van der Waals surface area contributed by atoms with Crippen LogP contribution in [0.4, 0.5) is 0 Å². The number of amides is 1. The molecule has 1 aliphatic heterocycles. The molecule has 0 radical (unpaired) electrons. The van der Waals surface area contributed by atoms with Gasteiger partial charge in [-0.05, 0) is 29.9 Å². The summed E-state index contributed by atoms with van der Waals surface area (Å²) in [6.07, 6.45) is 2.81. The molecule has 1 atom stereocenters. The number of carbonyl (C=O) groups excluding carboxylic acids is 1. The number of carboxylic acid groups (broad SMARTS) is 1. The quantitative estimate of drug-likeness (QED) is 0.924. The van der Waals surface area contributed by atoms with E-state index in [1.807, 2.05) is 17.0 Å². The van der Waals surface area contributed by atoms with Crippen molar-refractivity contribution in [1.29, 1.82) is 0 Å². The third-order valence-electron chi connectivity index (χ3n) is 5.32. The zero-order chi connectivity index (χ0) is 17.6. The standard InChI is InChI=1S/C18H20N4O3/c1-11-8-21(9-12-4-2-3-5-15(11)12)17(23)13-6-14(7-13)22-10-16(18(24)25)19-20-22/h2-5,10-11,13-14H,6-9H2,1H3,(H,24,25). The van der Waals surface area contributed by atoms with Crippen LogP contribution in [-0.4, -0.2) is 43.4 Å². The summed E-state index contributed by atoms with van der Waals surface area (Å²) in [6.45, 7) is 3.58. The van der Waals surface area contributed by atoms with Gasteiger partial charge >= 0.3 is 5.97 Å². The molecule has 0 bridgehead atoms. The highest BCUT2D eigenvalue weighted by Gasteiger charge is 2.40. The summed E-state index contributed by atoms with van der Waals surface area (Å²) in [5.41, 5.74) is 2.51. The Morgan fingerprint density at radius 3 is 2.72 bits per heavy atom. The van der Waals surface area contributed by atoms with Gasteiger partial charge in [-0.2, -0.15) is 0 Å². The molecule has 7 nitrogen and oxygen atoms in total. The molecule has 1 aromatic heterocycles. The number of benzene rings is 1. The highest BCUT2D eigenvalue weighted by atomic mass is 16.4. The molecule has 1 aliphatic carbocycles. The fraction of sp³-hybridized carbons (Fsp3) is 0.444. The third-order valence-corrected chi connectivity index (χ3v) is 5.32. The lowest BCUT2D eigenvalue weighted by Crippen LogP contribution is -2.45. The summed E-state index contributed by atoms with van der Waals surface area (Å²) < 4.78 is 1.57. The lowest BCUT2D eigenvalue weighted by molar-refractivity contribution is -0.141. The van der Waals surface area contributed by atoms with Crippen molar-refractivity contribution in [2.24, 2.45) is 5.92 Å². The van der Waals surface area contributed by atoms with E-state index in [0.717, 1.165) is 6.54 Å². The minimum Gasteiger partial charge on any atom is -0.476 e. The lowest BCUT2D eigenvalue weighted by atomic mass is 9.78. The SMILES string of the molecule is CC1CN(C(=O)C2CC(n3cc(C(=O)O)nn3)C2)Cc2ccccc21. The first kappa shape index (κ1) is 15.8. The number of aromatic carboxylic acids is 1. The molecular weight excluding hydrogens is 320 g/mol. The van der Waals surface area contributed by atoms with Crippen molar-refractivity contribution in [3.05, 3.63) is 47.3 Å². The fourth-order valence-corrected chi connectivity index (χ4v) is 3.84. The molecule has 130 valence electrons. The van der Waals surface area contributed by atoms with Crippen LogP contribution < -0.4 is 0 Å². The monoisotopic (exact) mass is 340 g/mol. The third kappa shape index (κ3) is 2.79. The first-order chi connectivity index (χ1) is 12.0. The number of hydrogen-bond acceptors (Lipinski definition) is 4. The van der Waals surface area contributed by atoms with E-state index in [1.54, 1.807) is 4.68 Å². The van der Waals surface area contributed by atoms with Gasteiger partial charge in [0, 0.05) is 19.0 Å². The van der Waals surface area contributed by atoms with Gasteiger partial charge < -0.3 is 10.0 Å². The Bertz CT molecular complexity index is 825. The van der Waals surface area contributed by atoms with Crippen LogP contribution in [0.25, 0.3) is 0 Å². The average molecular weight is 340 g/mol. The molecule has 0 saturated heterocycles. The van der Waals surface area contributed by atoms with Gasteiger partial charge in [0.15, 0.2) is 5.69 Å². The summed E-state index contributed by atoms with van der Waals surface area (Å²) in [7, 11) is 0. The molecule has 2 heterocycles. The van der Waals surface area contributed by atoms with Crippen molar-refractivity contribution in [2.75, 3.05) is 6.54 Å². The van der Waals surface area contributed by atoms with Crippen LogP contribution in [0.5, 0.6) is 0 Å². The molecule has 1 saturated carbocycles. The predicted octanol–water partition coefficient (Wildman–Crippen LogP) is 2.07. The van der Waals surface area contributed by atoms with Gasteiger partial charge in [-0.1, -0.05) is 36.4 Å². The minimum absolute atomic E-state index is 0.0139. The molecule has 1 aromatic carbocycles. The van der Waals surface area contributed by atoms with Crippen molar-refractivity contribution in [3.63, 3.8) is 0 Å². The minimum atomic E-state index is -1.08. The number of carbonyl (C=O) groups is 2. The molecule has 1 N–H and O–H groups in total. The number of nitrogens with zero attached hydrogens (tertiary/aromatic N) is 4. The number of aromatic nitrogens is 3. The van der Waals surface area contributed by atoms with Crippen LogP contribution in [-0.2, 0) is 11.3 Å². The molecule has 25 heavy (non-hydrogen) atoms. The summed E-state index contributed by atoms with van der Waals surface area (Å²) in [6, 6.07) is 8.36. The topological polar surface area (TPSA) is 88.3 Å². The predicted molar refractivity (Wildman–Crippen MR) is 89.0 cm³/mol. The van der Waals surface area contributed by atoms with E-state index in [0.29, 0.717) is 25.3 Å². The summed E-state index contributed by atoms with van der Waals surface area (Å²) in [5, 5.41) is 16.4. The number of carboxylic acids is 1. The second-order valence-electron chi connectivity index (χ2n) is 7.03. The van der Waals surface area contributed by atoms with Gasteiger partial charge in [-0.3, -0.25) is 4.79 Å². The van der Waals surface area contributed by atoms with Gasteiger partial charge in [0.05, 0.1) is 12.2 Å². The van der Waals surface area contributed by atoms with E-state index in [1.165, 1.54) is 17.3 Å². The molecular formula is C18H20N4O3. The van der Waals surface area contributed by atoms with Crippen LogP contribution in [0.1, 0.15) is 53.3 Å². The average Bonchev–Trinajstić information content (AvgIpc) is 3.03. The summed E-state index contributed by atoms with van der Waals surface area (Å²) >= 11 is 0. The van der Waals surface area contributed by atoms with Crippen LogP contribution >= 0.6 is 0 Å². The molecule has 1 fully saturated rings. The zero-order valence-electron chi connectivity index (χ0n) is 14.0. The maximum Gasteiger partial charge on any atom is 0.358 e. The summed E-state index contributed by atoms with van der Waals surface area (Å²) in [5.74, 6) is -0.562. The lowest BCUT2D eigenvalue weighted by Gasteiger charge is -2.40. The van der Waals surface area contributed by atoms with Crippen LogP contribution in [0.2, 0.25) is 0 Å². The summed E-state index contributed by atoms with van der Waals surface area (Å²) in [4.78, 5) is 25.6. The van der Waals surface area contributed by atoms with Crippen molar-refractivity contribution in [1.82, 2.24) is 19.9 Å².